The molecule has 1 saturated heterocycles. The van der Waals surface area contributed by atoms with Crippen molar-refractivity contribution >= 4 is 11.7 Å². The van der Waals surface area contributed by atoms with Crippen LogP contribution < -0.4 is 15.0 Å². The Morgan fingerprint density at radius 1 is 1.58 bits per heavy atom. The van der Waals surface area contributed by atoms with Crippen molar-refractivity contribution in [2.24, 2.45) is 4.99 Å². The second-order valence-electron chi connectivity index (χ2n) is 4.10. The van der Waals surface area contributed by atoms with Gasteiger partial charge in [0.05, 0.1) is 7.11 Å². The topological polar surface area (TPSA) is 46.1 Å². The molecule has 0 bridgehead atoms. The predicted molar refractivity (Wildman–Crippen MR) is 72.2 cm³/mol. The van der Waals surface area contributed by atoms with Crippen molar-refractivity contribution in [2.75, 3.05) is 32.2 Å². The van der Waals surface area contributed by atoms with E-state index in [0.717, 1.165) is 12.2 Å². The molecule has 1 aromatic rings. The maximum atomic E-state index is 13.4. The average Bonchev–Trinajstić information content (AvgIpc) is 2.90. The second kappa shape index (κ2) is 5.77. The van der Waals surface area contributed by atoms with E-state index in [0.29, 0.717) is 12.6 Å². The molecule has 0 saturated carbocycles. The highest BCUT2D eigenvalue weighted by molar-refractivity contribution is 5.76. The first-order valence-corrected chi connectivity index (χ1v) is 6.16. The van der Waals surface area contributed by atoms with Gasteiger partial charge in [0.1, 0.15) is 12.8 Å². The summed E-state index contributed by atoms with van der Waals surface area (Å²) in [6.45, 7) is 3.28. The lowest BCUT2D eigenvalue weighted by molar-refractivity contribution is 0.321. The van der Waals surface area contributed by atoms with Crippen LogP contribution in [0, 0.1) is 5.82 Å². The number of hydrogen-bond acceptors (Lipinski definition) is 4. The van der Waals surface area contributed by atoms with Gasteiger partial charge in [-0.3, -0.25) is 0 Å². The van der Waals surface area contributed by atoms with Crippen LogP contribution in [-0.4, -0.2) is 39.5 Å². The number of nitrogens with one attached hydrogen (secondary N) is 1. The molecular formula is C13H18FN3O2. The Kier molecular flexibility index (Phi) is 4.09. The molecule has 104 valence electrons. The van der Waals surface area contributed by atoms with E-state index < -0.39 is 0 Å². The van der Waals surface area contributed by atoms with Crippen molar-refractivity contribution in [1.29, 1.82) is 0 Å². The number of ether oxygens (including phenoxy) is 2. The predicted octanol–water partition coefficient (Wildman–Crippen LogP) is 1.59. The van der Waals surface area contributed by atoms with Gasteiger partial charge in [-0.2, -0.15) is 0 Å². The summed E-state index contributed by atoms with van der Waals surface area (Å²) in [6, 6.07) is 5.34. The Bertz CT molecular complexity index is 479. The van der Waals surface area contributed by atoms with E-state index in [1.54, 1.807) is 19.2 Å². The first-order chi connectivity index (χ1) is 9.19. The number of aliphatic imine (C=N–C) groups is 1. The summed E-state index contributed by atoms with van der Waals surface area (Å²) >= 11 is 0. The zero-order valence-electron chi connectivity index (χ0n) is 11.3. The van der Waals surface area contributed by atoms with Crippen LogP contribution in [0.3, 0.4) is 0 Å². The van der Waals surface area contributed by atoms with E-state index in [4.69, 9.17) is 9.47 Å². The fourth-order valence-corrected chi connectivity index (χ4v) is 2.09. The molecule has 1 N–H and O–H groups in total. The number of amidine groups is 1. The van der Waals surface area contributed by atoms with Gasteiger partial charge in [0.2, 0.25) is 0 Å². The number of hydrogen-bond donors (Lipinski definition) is 1. The maximum absolute atomic E-state index is 13.4. The van der Waals surface area contributed by atoms with Gasteiger partial charge in [-0.25, -0.2) is 9.38 Å². The third-order valence-electron chi connectivity index (χ3n) is 3.05. The lowest BCUT2D eigenvalue weighted by Gasteiger charge is -2.28. The molecule has 0 aliphatic carbocycles. The molecule has 6 heteroatoms. The molecular weight excluding hydrogens is 249 g/mol. The Balaban J connectivity index is 2.22. The van der Waals surface area contributed by atoms with Gasteiger partial charge in [0.15, 0.2) is 11.6 Å². The van der Waals surface area contributed by atoms with Crippen molar-refractivity contribution in [3.05, 3.63) is 24.0 Å². The molecule has 1 fully saturated rings. The molecule has 1 aliphatic heterocycles. The zero-order chi connectivity index (χ0) is 13.8. The van der Waals surface area contributed by atoms with Gasteiger partial charge in [-0.15, -0.1) is 0 Å². The second-order valence-corrected chi connectivity index (χ2v) is 4.10. The monoisotopic (exact) mass is 267 g/mol. The molecule has 1 aromatic carbocycles. The molecule has 5 nitrogen and oxygen atoms in total. The quantitative estimate of drug-likeness (QED) is 0.900. The summed E-state index contributed by atoms with van der Waals surface area (Å²) in [5, 5.41) is 3.16. The minimum absolute atomic E-state index is 0.0149. The van der Waals surface area contributed by atoms with Gasteiger partial charge in [-0.1, -0.05) is 0 Å². The van der Waals surface area contributed by atoms with Crippen molar-refractivity contribution in [1.82, 2.24) is 5.32 Å². The molecule has 0 unspecified atom stereocenters. The third kappa shape index (κ3) is 2.72. The van der Waals surface area contributed by atoms with Crippen LogP contribution in [0.25, 0.3) is 0 Å². The van der Waals surface area contributed by atoms with E-state index in [2.05, 4.69) is 15.2 Å². The van der Waals surface area contributed by atoms with Gasteiger partial charge in [0, 0.05) is 25.3 Å². The summed E-state index contributed by atoms with van der Waals surface area (Å²) in [5.74, 6) is -0.131. The van der Waals surface area contributed by atoms with Crippen LogP contribution in [0.15, 0.2) is 23.2 Å². The van der Waals surface area contributed by atoms with E-state index in [1.165, 1.54) is 13.2 Å². The SMILES string of the molecule is CCN(c1ccc(F)c(OC)c1)[C@H]1COC(=NC)N1. The number of halogens is 1. The van der Waals surface area contributed by atoms with Crippen molar-refractivity contribution in [3.8, 4) is 5.75 Å². The van der Waals surface area contributed by atoms with Gasteiger partial charge < -0.3 is 19.7 Å². The highest BCUT2D eigenvalue weighted by atomic mass is 19.1. The van der Waals surface area contributed by atoms with Crippen LogP contribution in [0.2, 0.25) is 0 Å². The molecule has 0 aromatic heterocycles. The Morgan fingerprint density at radius 2 is 2.37 bits per heavy atom. The van der Waals surface area contributed by atoms with Crippen molar-refractivity contribution in [3.63, 3.8) is 0 Å². The average molecular weight is 267 g/mol. The normalized spacial score (nSPS) is 20.0. The molecule has 0 amide bonds. The highest BCUT2D eigenvalue weighted by Crippen LogP contribution is 2.26. The maximum Gasteiger partial charge on any atom is 0.286 e. The molecule has 0 radical (unpaired) electrons. The fraction of sp³-hybridized carbons (Fsp3) is 0.462. The Labute approximate surface area is 112 Å². The number of likely N-dealkylation sites (N-methyl/N-ethyl adjacent to an activating group) is 1. The summed E-state index contributed by atoms with van der Waals surface area (Å²) < 4.78 is 23.8. The zero-order valence-corrected chi connectivity index (χ0v) is 11.3. The minimum atomic E-state index is -0.367. The molecule has 2 rings (SSSR count). The number of benzene rings is 1. The number of nitrogens with zero attached hydrogens (tertiary/aromatic N) is 2. The number of rotatable bonds is 4. The van der Waals surface area contributed by atoms with Crippen LogP contribution in [0.1, 0.15) is 6.92 Å². The van der Waals surface area contributed by atoms with Crippen LogP contribution in [0.4, 0.5) is 10.1 Å². The largest absolute Gasteiger partial charge is 0.494 e. The van der Waals surface area contributed by atoms with E-state index >= 15 is 0 Å². The smallest absolute Gasteiger partial charge is 0.286 e. The summed E-state index contributed by atoms with van der Waals surface area (Å²) in [5.41, 5.74) is 0.874. The summed E-state index contributed by atoms with van der Waals surface area (Å²) in [7, 11) is 3.12. The Hall–Kier alpha value is -1.98. The van der Waals surface area contributed by atoms with Gasteiger partial charge in [0.25, 0.3) is 6.02 Å². The number of anilines is 1. The fourth-order valence-electron chi connectivity index (χ4n) is 2.09. The summed E-state index contributed by atoms with van der Waals surface area (Å²) in [6.07, 6.45) is -0.0149. The van der Waals surface area contributed by atoms with Crippen molar-refractivity contribution in [2.45, 2.75) is 13.1 Å². The van der Waals surface area contributed by atoms with Crippen LogP contribution >= 0.6 is 0 Å². The third-order valence-corrected chi connectivity index (χ3v) is 3.05. The minimum Gasteiger partial charge on any atom is -0.494 e. The van der Waals surface area contributed by atoms with Crippen LogP contribution in [-0.2, 0) is 4.74 Å². The first kappa shape index (κ1) is 13.5. The number of methoxy groups -OCH3 is 1. The van der Waals surface area contributed by atoms with Crippen LogP contribution in [0.5, 0.6) is 5.75 Å². The first-order valence-electron chi connectivity index (χ1n) is 6.16. The highest BCUT2D eigenvalue weighted by Gasteiger charge is 2.26. The van der Waals surface area contributed by atoms with Crippen molar-refractivity contribution < 1.29 is 13.9 Å². The van der Waals surface area contributed by atoms with E-state index in [-0.39, 0.29) is 17.7 Å². The lowest BCUT2D eigenvalue weighted by Crippen LogP contribution is -2.44. The Morgan fingerprint density at radius 3 is 2.95 bits per heavy atom. The van der Waals surface area contributed by atoms with E-state index in [1.807, 2.05) is 6.92 Å². The van der Waals surface area contributed by atoms with Gasteiger partial charge >= 0.3 is 0 Å². The molecule has 19 heavy (non-hydrogen) atoms. The molecule has 1 heterocycles. The summed E-state index contributed by atoms with van der Waals surface area (Å²) in [4.78, 5) is 6.04. The molecule has 1 atom stereocenters. The standard InChI is InChI=1S/C13H18FN3O2/c1-4-17(12-8-19-13(15-2)16-12)9-5-6-10(14)11(7-9)18-3/h5-7,12H,4,8H2,1-3H3,(H,15,16)/t12-/m0/s1. The van der Waals surface area contributed by atoms with E-state index in [9.17, 15) is 4.39 Å². The lowest BCUT2D eigenvalue weighted by atomic mass is 10.2. The molecule has 0 spiro atoms. The molecule has 1 aliphatic rings. The van der Waals surface area contributed by atoms with Gasteiger partial charge in [-0.05, 0) is 19.1 Å².